The van der Waals surface area contributed by atoms with Crippen LogP contribution in [-0.4, -0.2) is 29.3 Å². The van der Waals surface area contributed by atoms with E-state index in [1.54, 1.807) is 0 Å². The number of Topliss-reactive ketones (excluding diaryl/α,β-unsaturated/α-hetero) is 1. The van der Waals surface area contributed by atoms with E-state index >= 15 is 0 Å². The fraction of sp³-hybridized carbons (Fsp3) is 0.857. The Kier molecular flexibility index (Phi) is 22.2. The summed E-state index contributed by atoms with van der Waals surface area (Å²) in [5, 5.41) is 0. The second-order valence-electron chi connectivity index (χ2n) is 5.10. The van der Waals surface area contributed by atoms with E-state index in [0.717, 1.165) is 12.8 Å². The van der Waals surface area contributed by atoms with Crippen LogP contribution in [0.1, 0.15) is 71.1 Å². The minimum absolute atomic E-state index is 0. The number of carbonyl (C=O) groups excluding carboxylic acids is 1. The summed E-state index contributed by atoms with van der Waals surface area (Å²) in [7, 11) is -4.67. The van der Waals surface area contributed by atoms with Gasteiger partial charge in [0.05, 0.1) is 0 Å². The first-order valence-corrected chi connectivity index (χ1v) is 8.89. The quantitative estimate of drug-likeness (QED) is 0.209. The molecule has 0 aromatic rings. The summed E-state index contributed by atoms with van der Waals surface area (Å²) >= 11 is 0. The number of carbonyl (C=O) groups is 1. The Morgan fingerprint density at radius 1 is 1.00 bits per heavy atom. The first-order chi connectivity index (χ1) is 9.68. The average Bonchev–Trinajstić information content (AvgIpc) is 2.34. The van der Waals surface area contributed by atoms with E-state index in [4.69, 9.17) is 23.3 Å². The Balaban J connectivity index is -0.000000520. The van der Waals surface area contributed by atoms with Crippen molar-refractivity contribution in [1.82, 2.24) is 0 Å². The number of ketones is 1. The van der Waals surface area contributed by atoms with Crippen LogP contribution in [0.2, 0.25) is 0 Å². The van der Waals surface area contributed by atoms with Crippen LogP contribution in [0.5, 0.6) is 0 Å². The van der Waals surface area contributed by atoms with Gasteiger partial charge < -0.3 is 17.5 Å². The molecule has 1 unspecified atom stereocenters. The smallest absolute Gasteiger partial charge is 0.350 e. The molecule has 0 aromatic heterocycles. The van der Waals surface area contributed by atoms with E-state index in [1.807, 2.05) is 0 Å². The van der Waals surface area contributed by atoms with Crippen molar-refractivity contribution in [2.24, 2.45) is 5.73 Å². The van der Waals surface area contributed by atoms with Gasteiger partial charge in [0.25, 0.3) is 0 Å². The minimum atomic E-state index is -4.67. The molecule has 6 nitrogen and oxygen atoms in total. The second-order valence-corrected chi connectivity index (χ2v) is 5.99. The molecule has 4 N–H and O–H groups in total. The Morgan fingerprint density at radius 2 is 1.32 bits per heavy atom. The van der Waals surface area contributed by atoms with Crippen molar-refractivity contribution in [2.45, 2.75) is 77.2 Å². The van der Waals surface area contributed by atoms with Crippen LogP contribution in [0, 0.1) is 6.92 Å². The van der Waals surface area contributed by atoms with E-state index in [0.29, 0.717) is 6.42 Å². The summed E-state index contributed by atoms with van der Waals surface area (Å²) < 4.78 is 31.6. The molecule has 0 aliphatic heterocycles. The average molecular weight is 347 g/mol. The third-order valence-electron chi connectivity index (χ3n) is 2.94. The standard InChI is InChI=1S/C14H28NO.Na.H2O4S/c1-3-4-5-6-7-8-9-10-11-12-14(16)13(2)15;;1-5(2,3)4/h13H,2-12,15H2,1H3;;(H2,1,2,3,4)/q-1;+1;. The number of nitrogens with two attached hydrogens (primary N) is 1. The zero-order valence-electron chi connectivity index (χ0n) is 14.0. The summed E-state index contributed by atoms with van der Waals surface area (Å²) in [5.74, 6) is 0.0999. The van der Waals surface area contributed by atoms with Crippen LogP contribution in [0.15, 0.2) is 0 Å². The molecule has 0 saturated carbocycles. The number of unbranched alkanes of at least 4 members (excludes halogenated alkanes) is 8. The van der Waals surface area contributed by atoms with Gasteiger partial charge in [-0.2, -0.15) is 8.42 Å². The largest absolute Gasteiger partial charge is 1.00 e. The van der Waals surface area contributed by atoms with Crippen LogP contribution in [0.25, 0.3) is 0 Å². The molecular formula is C14H30NNaO5S. The maximum absolute atomic E-state index is 11.2. The maximum Gasteiger partial charge on any atom is 1.00 e. The first-order valence-electron chi connectivity index (χ1n) is 7.49. The Bertz CT molecular complexity index is 339. The molecule has 0 amide bonds. The number of hydrogen-bond acceptors (Lipinski definition) is 4. The summed E-state index contributed by atoms with van der Waals surface area (Å²) in [6, 6.07) is -0.519. The molecule has 0 aliphatic rings. The van der Waals surface area contributed by atoms with Crippen LogP contribution in [-0.2, 0) is 15.2 Å². The van der Waals surface area contributed by atoms with Crippen LogP contribution >= 0.6 is 0 Å². The molecule has 0 heterocycles. The molecule has 0 saturated heterocycles. The zero-order chi connectivity index (χ0) is 16.7. The fourth-order valence-electron chi connectivity index (χ4n) is 1.80. The summed E-state index contributed by atoms with van der Waals surface area (Å²) in [5.41, 5.74) is 5.38. The van der Waals surface area contributed by atoms with Gasteiger partial charge in [0.1, 0.15) is 5.78 Å². The van der Waals surface area contributed by atoms with E-state index in [1.165, 1.54) is 44.9 Å². The van der Waals surface area contributed by atoms with Crippen molar-refractivity contribution in [3.63, 3.8) is 0 Å². The van der Waals surface area contributed by atoms with Gasteiger partial charge >= 0.3 is 40.0 Å². The van der Waals surface area contributed by atoms with E-state index in [9.17, 15) is 4.79 Å². The van der Waals surface area contributed by atoms with Crippen molar-refractivity contribution in [2.75, 3.05) is 0 Å². The van der Waals surface area contributed by atoms with Crippen molar-refractivity contribution in [3.8, 4) is 0 Å². The normalized spacial score (nSPS) is 11.9. The summed E-state index contributed by atoms with van der Waals surface area (Å²) in [6.45, 7) is 5.76. The number of rotatable bonds is 11. The van der Waals surface area contributed by atoms with Crippen molar-refractivity contribution in [3.05, 3.63) is 6.92 Å². The Morgan fingerprint density at radius 3 is 1.64 bits per heavy atom. The molecule has 0 bridgehead atoms. The van der Waals surface area contributed by atoms with Gasteiger partial charge in [-0.05, 0) is 6.42 Å². The zero-order valence-corrected chi connectivity index (χ0v) is 16.8. The van der Waals surface area contributed by atoms with Gasteiger partial charge in [-0.3, -0.25) is 9.11 Å². The molecule has 0 spiro atoms. The van der Waals surface area contributed by atoms with Gasteiger partial charge in [-0.1, -0.05) is 64.3 Å². The third kappa shape index (κ3) is 32.4. The van der Waals surface area contributed by atoms with E-state index < -0.39 is 16.4 Å². The monoisotopic (exact) mass is 347 g/mol. The Labute approximate surface area is 157 Å². The molecule has 0 rings (SSSR count). The summed E-state index contributed by atoms with van der Waals surface area (Å²) in [4.78, 5) is 11.2. The third-order valence-corrected chi connectivity index (χ3v) is 2.94. The predicted molar refractivity (Wildman–Crippen MR) is 84.4 cm³/mol. The predicted octanol–water partition coefficient (Wildman–Crippen LogP) is -0.0110. The van der Waals surface area contributed by atoms with Gasteiger partial charge in [0.2, 0.25) is 0 Å². The Hall–Kier alpha value is 0.500. The van der Waals surface area contributed by atoms with Gasteiger partial charge in [-0.15, -0.1) is 0 Å². The van der Waals surface area contributed by atoms with Gasteiger partial charge in [0, 0.05) is 6.42 Å². The van der Waals surface area contributed by atoms with Gasteiger partial charge in [-0.25, -0.2) is 0 Å². The molecule has 22 heavy (non-hydrogen) atoms. The molecule has 0 aromatic carbocycles. The van der Waals surface area contributed by atoms with E-state index in [-0.39, 0.29) is 35.3 Å². The molecule has 128 valence electrons. The second kappa shape index (κ2) is 17.8. The van der Waals surface area contributed by atoms with Crippen LogP contribution in [0.3, 0.4) is 0 Å². The molecule has 0 aliphatic carbocycles. The van der Waals surface area contributed by atoms with Crippen LogP contribution in [0.4, 0.5) is 0 Å². The van der Waals surface area contributed by atoms with Crippen molar-refractivity contribution < 1.29 is 51.9 Å². The molecule has 0 fully saturated rings. The van der Waals surface area contributed by atoms with Gasteiger partial charge in [0.15, 0.2) is 0 Å². The molecule has 1 atom stereocenters. The molecule has 8 heteroatoms. The summed E-state index contributed by atoms with van der Waals surface area (Å²) in [6.07, 6.45) is 12.1. The fourth-order valence-corrected chi connectivity index (χ4v) is 1.80. The maximum atomic E-state index is 11.2. The molecular weight excluding hydrogens is 317 g/mol. The van der Waals surface area contributed by atoms with E-state index in [2.05, 4.69) is 13.8 Å². The van der Waals surface area contributed by atoms with Crippen molar-refractivity contribution in [1.29, 1.82) is 0 Å². The van der Waals surface area contributed by atoms with Crippen LogP contribution < -0.4 is 35.3 Å². The topological polar surface area (TPSA) is 118 Å². The SMILES string of the molecule is O=S(=O)(O)O.[CH2-]C(N)C(=O)CCCCCCCCCCC.[Na+]. The number of hydrogen-bond donors (Lipinski definition) is 3. The van der Waals surface area contributed by atoms with Crippen molar-refractivity contribution >= 4 is 16.2 Å². The first kappa shape index (κ1) is 27.4. The minimum Gasteiger partial charge on any atom is -0.350 e. The molecule has 0 radical (unpaired) electrons.